The predicted octanol–water partition coefficient (Wildman–Crippen LogP) is 2.92. The maximum atomic E-state index is 12.6. The largest absolute Gasteiger partial charge is 0.494 e. The van der Waals surface area contributed by atoms with Crippen LogP contribution in [0.3, 0.4) is 0 Å². The van der Waals surface area contributed by atoms with E-state index < -0.39 is 0 Å². The lowest BCUT2D eigenvalue weighted by atomic mass is 10.2. The number of rotatable bonds is 8. The lowest BCUT2D eigenvalue weighted by Gasteiger charge is -2.35. The van der Waals surface area contributed by atoms with Gasteiger partial charge < -0.3 is 9.64 Å². The highest BCUT2D eigenvalue weighted by Crippen LogP contribution is 2.15. The van der Waals surface area contributed by atoms with E-state index in [2.05, 4.69) is 39.4 Å². The van der Waals surface area contributed by atoms with Gasteiger partial charge in [-0.1, -0.05) is 18.2 Å². The van der Waals surface area contributed by atoms with Crippen molar-refractivity contribution in [1.29, 1.82) is 0 Å². The number of ether oxygens (including phenoxy) is 1. The number of hydrogen-bond acceptors (Lipinski definition) is 5. The first-order chi connectivity index (χ1) is 13.1. The van der Waals surface area contributed by atoms with Gasteiger partial charge in [0.05, 0.1) is 13.2 Å². The molecule has 0 N–H and O–H groups in total. The van der Waals surface area contributed by atoms with Gasteiger partial charge in [-0.2, -0.15) is 0 Å². The van der Waals surface area contributed by atoms with Crippen LogP contribution in [0, 0.1) is 0 Å². The van der Waals surface area contributed by atoms with Crippen LogP contribution in [0.5, 0.6) is 5.75 Å². The first-order valence-electron chi connectivity index (χ1n) is 9.57. The monoisotopic (exact) mass is 387 g/mol. The van der Waals surface area contributed by atoms with E-state index in [1.165, 1.54) is 10.4 Å². The summed E-state index contributed by atoms with van der Waals surface area (Å²) in [6.07, 6.45) is 0. The van der Waals surface area contributed by atoms with E-state index in [9.17, 15) is 4.79 Å². The molecule has 1 aliphatic rings. The molecule has 0 saturated carbocycles. The smallest absolute Gasteiger partial charge is 0.236 e. The van der Waals surface area contributed by atoms with Crippen LogP contribution in [0.2, 0.25) is 0 Å². The molecular formula is C21H29N3O2S. The van der Waals surface area contributed by atoms with E-state index in [1.807, 2.05) is 31.0 Å². The Kier molecular flexibility index (Phi) is 7.26. The Bertz CT molecular complexity index is 695. The van der Waals surface area contributed by atoms with Crippen molar-refractivity contribution in [3.8, 4) is 5.75 Å². The summed E-state index contributed by atoms with van der Waals surface area (Å²) in [6, 6.07) is 12.4. The average molecular weight is 388 g/mol. The van der Waals surface area contributed by atoms with E-state index in [0.29, 0.717) is 13.2 Å². The molecule has 146 valence electrons. The van der Waals surface area contributed by atoms with Crippen LogP contribution in [-0.4, -0.2) is 67.0 Å². The lowest BCUT2D eigenvalue weighted by Crippen LogP contribution is -2.50. The average Bonchev–Trinajstić information content (AvgIpc) is 3.17. The molecular weight excluding hydrogens is 358 g/mol. The fourth-order valence-electron chi connectivity index (χ4n) is 3.33. The second-order valence-corrected chi connectivity index (χ2v) is 8.02. The molecule has 1 aliphatic heterocycles. The molecule has 2 aromatic rings. The highest BCUT2D eigenvalue weighted by atomic mass is 32.1. The quantitative estimate of drug-likeness (QED) is 0.698. The van der Waals surface area contributed by atoms with Crippen molar-refractivity contribution in [3.63, 3.8) is 0 Å². The molecule has 0 bridgehead atoms. The molecule has 1 saturated heterocycles. The molecule has 0 unspecified atom stereocenters. The summed E-state index contributed by atoms with van der Waals surface area (Å²) in [5.41, 5.74) is 1.19. The number of benzene rings is 1. The topological polar surface area (TPSA) is 36.0 Å². The Labute approximate surface area is 166 Å². The molecule has 1 aromatic heterocycles. The molecule has 1 aromatic carbocycles. The zero-order chi connectivity index (χ0) is 19.1. The van der Waals surface area contributed by atoms with Crippen molar-refractivity contribution in [1.82, 2.24) is 14.7 Å². The van der Waals surface area contributed by atoms with Crippen molar-refractivity contribution in [2.75, 3.05) is 46.4 Å². The summed E-state index contributed by atoms with van der Waals surface area (Å²) in [4.78, 5) is 20.5. The van der Waals surface area contributed by atoms with Crippen LogP contribution in [0.25, 0.3) is 0 Å². The van der Waals surface area contributed by atoms with Gasteiger partial charge in [0.15, 0.2) is 0 Å². The van der Waals surface area contributed by atoms with E-state index >= 15 is 0 Å². The van der Waals surface area contributed by atoms with Gasteiger partial charge >= 0.3 is 0 Å². The molecule has 0 atom stereocenters. The van der Waals surface area contributed by atoms with Crippen molar-refractivity contribution in [3.05, 3.63) is 52.2 Å². The third-order valence-corrected chi connectivity index (χ3v) is 5.64. The molecule has 1 amide bonds. The number of nitrogens with zero attached hydrogens (tertiary/aromatic N) is 3. The molecule has 0 aliphatic carbocycles. The summed E-state index contributed by atoms with van der Waals surface area (Å²) in [5.74, 6) is 1.11. The van der Waals surface area contributed by atoms with Gasteiger partial charge in [0.1, 0.15) is 5.75 Å². The Hall–Kier alpha value is -1.89. The second-order valence-electron chi connectivity index (χ2n) is 6.99. The summed E-state index contributed by atoms with van der Waals surface area (Å²) in [6.45, 7) is 8.41. The Morgan fingerprint density at radius 2 is 1.89 bits per heavy atom. The number of carbonyl (C=O) groups is 1. The zero-order valence-corrected chi connectivity index (χ0v) is 17.1. The third-order valence-electron chi connectivity index (χ3n) is 4.78. The van der Waals surface area contributed by atoms with Gasteiger partial charge in [0, 0.05) is 44.1 Å². The van der Waals surface area contributed by atoms with Gasteiger partial charge in [-0.3, -0.25) is 14.6 Å². The van der Waals surface area contributed by atoms with E-state index in [4.69, 9.17) is 4.74 Å². The minimum absolute atomic E-state index is 0.221. The minimum Gasteiger partial charge on any atom is -0.494 e. The Morgan fingerprint density at radius 1 is 1.15 bits per heavy atom. The van der Waals surface area contributed by atoms with Crippen LogP contribution in [0.4, 0.5) is 0 Å². The van der Waals surface area contributed by atoms with E-state index in [1.54, 1.807) is 11.3 Å². The number of amides is 1. The molecule has 2 heterocycles. The fourth-order valence-corrected chi connectivity index (χ4v) is 4.08. The number of thiophene rings is 1. The molecule has 0 radical (unpaired) electrons. The standard InChI is InChI=1S/C21H29N3O2S/c1-3-26-19-8-6-18(7-9-19)15-22(2)17-21(25)24-12-10-23(11-13-24)16-20-5-4-14-27-20/h4-9,14H,3,10-13,15-17H2,1-2H3. The van der Waals surface area contributed by atoms with Gasteiger partial charge in [0.25, 0.3) is 0 Å². The van der Waals surface area contributed by atoms with Gasteiger partial charge in [-0.15, -0.1) is 11.3 Å². The van der Waals surface area contributed by atoms with Gasteiger partial charge in [-0.05, 0) is 43.1 Å². The third kappa shape index (κ3) is 6.06. The fraction of sp³-hybridized carbons (Fsp3) is 0.476. The summed E-state index contributed by atoms with van der Waals surface area (Å²) in [5, 5.41) is 2.12. The summed E-state index contributed by atoms with van der Waals surface area (Å²) < 4.78 is 5.47. The number of likely N-dealkylation sites (N-methyl/N-ethyl adjacent to an activating group) is 1. The normalized spacial score (nSPS) is 15.3. The molecule has 27 heavy (non-hydrogen) atoms. The number of piperazine rings is 1. The van der Waals surface area contributed by atoms with E-state index in [-0.39, 0.29) is 5.91 Å². The van der Waals surface area contributed by atoms with Gasteiger partial charge in [0.2, 0.25) is 5.91 Å². The lowest BCUT2D eigenvalue weighted by molar-refractivity contribution is -0.134. The van der Waals surface area contributed by atoms with Crippen molar-refractivity contribution < 1.29 is 9.53 Å². The first kappa shape index (κ1) is 19.9. The van der Waals surface area contributed by atoms with Crippen LogP contribution in [0.15, 0.2) is 41.8 Å². The van der Waals surface area contributed by atoms with Crippen LogP contribution < -0.4 is 4.74 Å². The predicted molar refractivity (Wildman–Crippen MR) is 110 cm³/mol. The highest BCUT2D eigenvalue weighted by molar-refractivity contribution is 7.09. The SMILES string of the molecule is CCOc1ccc(CN(C)CC(=O)N2CCN(Cc3cccs3)CC2)cc1. The molecule has 3 rings (SSSR count). The minimum atomic E-state index is 0.221. The van der Waals surface area contributed by atoms with Crippen molar-refractivity contribution >= 4 is 17.2 Å². The van der Waals surface area contributed by atoms with Gasteiger partial charge in [-0.25, -0.2) is 0 Å². The highest BCUT2D eigenvalue weighted by Gasteiger charge is 2.22. The maximum Gasteiger partial charge on any atom is 0.236 e. The number of carbonyl (C=O) groups excluding carboxylic acids is 1. The Morgan fingerprint density at radius 3 is 2.52 bits per heavy atom. The van der Waals surface area contributed by atoms with E-state index in [0.717, 1.165) is 45.0 Å². The number of hydrogen-bond donors (Lipinski definition) is 0. The summed E-state index contributed by atoms with van der Waals surface area (Å²) >= 11 is 1.80. The molecule has 0 spiro atoms. The van der Waals surface area contributed by atoms with Crippen LogP contribution >= 0.6 is 11.3 Å². The Balaban J connectivity index is 1.40. The maximum absolute atomic E-state index is 12.6. The molecule has 1 fully saturated rings. The second kappa shape index (κ2) is 9.88. The van der Waals surface area contributed by atoms with Crippen LogP contribution in [-0.2, 0) is 17.9 Å². The summed E-state index contributed by atoms with van der Waals surface area (Å²) in [7, 11) is 2.00. The van der Waals surface area contributed by atoms with Crippen molar-refractivity contribution in [2.45, 2.75) is 20.0 Å². The zero-order valence-electron chi connectivity index (χ0n) is 16.3. The first-order valence-corrected chi connectivity index (χ1v) is 10.4. The van der Waals surface area contributed by atoms with Crippen molar-refractivity contribution in [2.24, 2.45) is 0 Å². The van der Waals surface area contributed by atoms with Crippen LogP contribution in [0.1, 0.15) is 17.4 Å². The molecule has 6 heteroatoms. The molecule has 5 nitrogen and oxygen atoms in total.